The Morgan fingerprint density at radius 3 is 2.50 bits per heavy atom. The summed E-state index contributed by atoms with van der Waals surface area (Å²) in [4.78, 5) is 12.0. The third-order valence-corrected chi connectivity index (χ3v) is 3.20. The summed E-state index contributed by atoms with van der Waals surface area (Å²) in [5, 5.41) is 13.3. The number of ether oxygens (including phenoxy) is 1. The molecule has 0 heterocycles. The fourth-order valence-electron chi connectivity index (χ4n) is 1.98. The number of aromatic hydroxyl groups is 1. The molecule has 5 nitrogen and oxygen atoms in total. The summed E-state index contributed by atoms with van der Waals surface area (Å²) < 4.78 is 5.30. The van der Waals surface area contributed by atoms with Crippen molar-refractivity contribution in [3.05, 3.63) is 59.2 Å². The highest BCUT2D eigenvalue weighted by Gasteiger charge is 2.08. The van der Waals surface area contributed by atoms with E-state index in [1.165, 1.54) is 24.3 Å². The van der Waals surface area contributed by atoms with E-state index in [1.807, 2.05) is 25.1 Å². The fourth-order valence-corrected chi connectivity index (χ4v) is 1.98. The number of nitrogens with one attached hydrogen (secondary N) is 1. The summed E-state index contributed by atoms with van der Waals surface area (Å²) in [5.74, 6) is 0.470. The SMILES string of the molecule is COc1ccc(C)cc1/C(C)=N\NC(=O)c1ccc(O)cc1. The van der Waals surface area contributed by atoms with E-state index in [2.05, 4.69) is 10.5 Å². The van der Waals surface area contributed by atoms with Crippen LogP contribution in [0, 0.1) is 6.92 Å². The van der Waals surface area contributed by atoms with Crippen LogP contribution in [0.2, 0.25) is 0 Å². The van der Waals surface area contributed by atoms with Crippen molar-refractivity contribution in [2.45, 2.75) is 13.8 Å². The van der Waals surface area contributed by atoms with Crippen molar-refractivity contribution in [2.24, 2.45) is 5.10 Å². The van der Waals surface area contributed by atoms with E-state index in [1.54, 1.807) is 14.0 Å². The first-order chi connectivity index (χ1) is 10.5. The van der Waals surface area contributed by atoms with Crippen LogP contribution in [0.15, 0.2) is 47.6 Å². The van der Waals surface area contributed by atoms with Gasteiger partial charge in [0.1, 0.15) is 11.5 Å². The predicted molar refractivity (Wildman–Crippen MR) is 85.5 cm³/mol. The van der Waals surface area contributed by atoms with Crippen LogP contribution in [0.3, 0.4) is 0 Å². The summed E-state index contributed by atoms with van der Waals surface area (Å²) >= 11 is 0. The normalized spacial score (nSPS) is 11.1. The van der Waals surface area contributed by atoms with Gasteiger partial charge in [-0.15, -0.1) is 0 Å². The zero-order chi connectivity index (χ0) is 16.1. The van der Waals surface area contributed by atoms with Gasteiger partial charge in [0.2, 0.25) is 0 Å². The standard InChI is InChI=1S/C17H18N2O3/c1-11-4-9-16(22-3)15(10-11)12(2)18-19-17(21)13-5-7-14(20)8-6-13/h4-10,20H,1-3H3,(H,19,21)/b18-12-. The van der Waals surface area contributed by atoms with Gasteiger partial charge in [0.25, 0.3) is 5.91 Å². The van der Waals surface area contributed by atoms with Crippen LogP contribution in [0.4, 0.5) is 0 Å². The molecule has 0 atom stereocenters. The molecular formula is C17H18N2O3. The van der Waals surface area contributed by atoms with E-state index in [0.717, 1.165) is 11.1 Å². The van der Waals surface area contributed by atoms with Gasteiger partial charge in [-0.1, -0.05) is 11.6 Å². The number of carbonyl (C=O) groups is 1. The summed E-state index contributed by atoms with van der Waals surface area (Å²) in [5.41, 5.74) is 5.47. The quantitative estimate of drug-likeness (QED) is 0.673. The number of benzene rings is 2. The number of rotatable bonds is 4. The van der Waals surface area contributed by atoms with Crippen molar-refractivity contribution in [2.75, 3.05) is 7.11 Å². The summed E-state index contributed by atoms with van der Waals surface area (Å²) in [7, 11) is 1.59. The topological polar surface area (TPSA) is 70.9 Å². The number of nitrogens with zero attached hydrogens (tertiary/aromatic N) is 1. The van der Waals surface area contributed by atoms with E-state index < -0.39 is 0 Å². The average molecular weight is 298 g/mol. The Labute approximate surface area is 129 Å². The smallest absolute Gasteiger partial charge is 0.271 e. The minimum atomic E-state index is -0.342. The van der Waals surface area contributed by atoms with Gasteiger partial charge in [0, 0.05) is 11.1 Å². The van der Waals surface area contributed by atoms with Crippen LogP contribution < -0.4 is 10.2 Å². The molecule has 1 amide bonds. The van der Waals surface area contributed by atoms with Crippen molar-refractivity contribution in [3.8, 4) is 11.5 Å². The van der Waals surface area contributed by atoms with E-state index in [4.69, 9.17) is 4.74 Å². The van der Waals surface area contributed by atoms with Crippen LogP contribution >= 0.6 is 0 Å². The maximum absolute atomic E-state index is 12.0. The van der Waals surface area contributed by atoms with E-state index in [0.29, 0.717) is 17.0 Å². The largest absolute Gasteiger partial charge is 0.508 e. The van der Waals surface area contributed by atoms with Gasteiger partial charge in [-0.25, -0.2) is 5.43 Å². The molecule has 0 fully saturated rings. The van der Waals surface area contributed by atoms with Gasteiger partial charge < -0.3 is 9.84 Å². The molecular weight excluding hydrogens is 280 g/mol. The molecule has 0 saturated heterocycles. The Hall–Kier alpha value is -2.82. The Kier molecular flexibility index (Phi) is 4.78. The molecule has 0 aliphatic rings. The van der Waals surface area contributed by atoms with Crippen LogP contribution in [0.5, 0.6) is 11.5 Å². The van der Waals surface area contributed by atoms with E-state index >= 15 is 0 Å². The first kappa shape index (κ1) is 15.6. The number of amides is 1. The lowest BCUT2D eigenvalue weighted by molar-refractivity contribution is 0.0955. The lowest BCUT2D eigenvalue weighted by atomic mass is 10.1. The molecule has 0 saturated carbocycles. The zero-order valence-corrected chi connectivity index (χ0v) is 12.8. The fraction of sp³-hybridized carbons (Fsp3) is 0.176. The number of hydrogen-bond acceptors (Lipinski definition) is 4. The first-order valence-corrected chi connectivity index (χ1v) is 6.80. The highest BCUT2D eigenvalue weighted by molar-refractivity contribution is 6.02. The van der Waals surface area contributed by atoms with Gasteiger partial charge in [0.05, 0.1) is 12.8 Å². The Morgan fingerprint density at radius 2 is 1.86 bits per heavy atom. The minimum Gasteiger partial charge on any atom is -0.508 e. The molecule has 5 heteroatoms. The van der Waals surface area contributed by atoms with Crippen LogP contribution in [0.1, 0.15) is 28.4 Å². The summed E-state index contributed by atoms with van der Waals surface area (Å²) in [6.45, 7) is 3.78. The summed E-state index contributed by atoms with van der Waals surface area (Å²) in [6, 6.07) is 11.7. The van der Waals surface area contributed by atoms with Crippen molar-refractivity contribution in [1.82, 2.24) is 5.43 Å². The van der Waals surface area contributed by atoms with Crippen LogP contribution in [0.25, 0.3) is 0 Å². The lowest BCUT2D eigenvalue weighted by Gasteiger charge is -2.09. The number of hydrogen-bond donors (Lipinski definition) is 2. The maximum Gasteiger partial charge on any atom is 0.271 e. The van der Waals surface area contributed by atoms with Gasteiger partial charge >= 0.3 is 0 Å². The van der Waals surface area contributed by atoms with Crippen LogP contribution in [-0.2, 0) is 0 Å². The molecule has 0 unspecified atom stereocenters. The second-order valence-electron chi connectivity index (χ2n) is 4.89. The molecule has 0 aliphatic carbocycles. The molecule has 2 aromatic rings. The van der Waals surface area contributed by atoms with Crippen molar-refractivity contribution in [1.29, 1.82) is 0 Å². The Bertz CT molecular complexity index is 706. The second kappa shape index (κ2) is 6.76. The second-order valence-corrected chi connectivity index (χ2v) is 4.89. The third-order valence-electron chi connectivity index (χ3n) is 3.20. The van der Waals surface area contributed by atoms with Gasteiger partial charge in [0.15, 0.2) is 0 Å². The molecule has 0 aromatic heterocycles. The number of hydrazone groups is 1. The van der Waals surface area contributed by atoms with Gasteiger partial charge in [-0.05, 0) is 50.2 Å². The average Bonchev–Trinajstić information content (AvgIpc) is 2.53. The molecule has 0 bridgehead atoms. The molecule has 2 N–H and O–H groups in total. The molecule has 114 valence electrons. The monoisotopic (exact) mass is 298 g/mol. The third kappa shape index (κ3) is 3.63. The van der Waals surface area contributed by atoms with Crippen molar-refractivity contribution in [3.63, 3.8) is 0 Å². The molecule has 22 heavy (non-hydrogen) atoms. The first-order valence-electron chi connectivity index (χ1n) is 6.80. The Balaban J connectivity index is 2.17. The lowest BCUT2D eigenvalue weighted by Crippen LogP contribution is -2.19. The molecule has 0 aliphatic heterocycles. The van der Waals surface area contributed by atoms with Crippen molar-refractivity contribution < 1.29 is 14.6 Å². The maximum atomic E-state index is 12.0. The van der Waals surface area contributed by atoms with E-state index in [-0.39, 0.29) is 11.7 Å². The van der Waals surface area contributed by atoms with Gasteiger partial charge in [-0.2, -0.15) is 5.10 Å². The Morgan fingerprint density at radius 1 is 1.18 bits per heavy atom. The van der Waals surface area contributed by atoms with Gasteiger partial charge in [-0.3, -0.25) is 4.79 Å². The number of phenols is 1. The zero-order valence-electron chi connectivity index (χ0n) is 12.8. The number of methoxy groups -OCH3 is 1. The van der Waals surface area contributed by atoms with Crippen LogP contribution in [-0.4, -0.2) is 23.8 Å². The molecule has 2 aromatic carbocycles. The molecule has 0 radical (unpaired) electrons. The van der Waals surface area contributed by atoms with Crippen molar-refractivity contribution >= 4 is 11.6 Å². The summed E-state index contributed by atoms with van der Waals surface area (Å²) in [6.07, 6.45) is 0. The highest BCUT2D eigenvalue weighted by atomic mass is 16.5. The molecule has 2 rings (SSSR count). The molecule has 0 spiro atoms. The number of phenolic OH excluding ortho intramolecular Hbond substituents is 1. The predicted octanol–water partition coefficient (Wildman–Crippen LogP) is 2.86. The highest BCUT2D eigenvalue weighted by Crippen LogP contribution is 2.20. The minimum absolute atomic E-state index is 0.112. The van der Waals surface area contributed by atoms with E-state index in [9.17, 15) is 9.90 Å². The number of carbonyl (C=O) groups excluding carboxylic acids is 1. The number of aryl methyl sites for hydroxylation is 1.